The van der Waals surface area contributed by atoms with Gasteiger partial charge in [0.2, 0.25) is 0 Å². The van der Waals surface area contributed by atoms with Crippen molar-refractivity contribution >= 4 is 11.0 Å². The molecule has 0 bridgehead atoms. The number of pyridine rings is 1. The predicted molar refractivity (Wildman–Crippen MR) is 104 cm³/mol. The number of aromatic nitrogens is 2. The van der Waals surface area contributed by atoms with Crippen LogP contribution in [0.4, 0.5) is 26.3 Å². The molecule has 1 atom stereocenters. The predicted octanol–water partition coefficient (Wildman–Crippen LogP) is 5.71. The molecule has 31 heavy (non-hydrogen) atoms. The summed E-state index contributed by atoms with van der Waals surface area (Å²) in [4.78, 5) is 4.31. The van der Waals surface area contributed by atoms with Gasteiger partial charge in [-0.1, -0.05) is 18.2 Å². The molecule has 1 unspecified atom stereocenters. The van der Waals surface area contributed by atoms with E-state index < -0.39 is 29.6 Å². The number of nitrogens with zero attached hydrogens (tertiary/aromatic N) is 2. The van der Waals surface area contributed by atoms with E-state index in [0.29, 0.717) is 0 Å². The molecule has 0 aliphatic heterocycles. The molecule has 168 valence electrons. The lowest BCUT2D eigenvalue weighted by atomic mass is 10.0. The Balaban J connectivity index is 2.24. The van der Waals surface area contributed by atoms with Gasteiger partial charge in [0, 0.05) is 29.8 Å². The van der Waals surface area contributed by atoms with Gasteiger partial charge in [-0.05, 0) is 32.0 Å². The van der Waals surface area contributed by atoms with Gasteiger partial charge >= 0.3 is 12.4 Å². The largest absolute Gasteiger partial charge is 0.417 e. The molecule has 4 nitrogen and oxygen atoms in total. The highest BCUT2D eigenvalue weighted by Crippen LogP contribution is 2.39. The molecule has 0 aliphatic carbocycles. The number of benzene rings is 1. The number of nitrogens with two attached hydrogens (primary N) is 1. The maximum absolute atomic E-state index is 13.4. The smallest absolute Gasteiger partial charge is 0.377 e. The van der Waals surface area contributed by atoms with Crippen LogP contribution in [0.15, 0.2) is 42.6 Å². The van der Waals surface area contributed by atoms with Gasteiger partial charge < -0.3 is 15.0 Å². The zero-order valence-corrected chi connectivity index (χ0v) is 17.0. The third kappa shape index (κ3) is 4.69. The Morgan fingerprint density at radius 3 is 2.26 bits per heavy atom. The quantitative estimate of drug-likeness (QED) is 0.512. The molecule has 0 spiro atoms. The maximum Gasteiger partial charge on any atom is 0.417 e. The Kier molecular flexibility index (Phi) is 5.83. The lowest BCUT2D eigenvalue weighted by Crippen LogP contribution is -2.29. The van der Waals surface area contributed by atoms with Crippen molar-refractivity contribution in [2.75, 3.05) is 7.11 Å². The highest BCUT2D eigenvalue weighted by atomic mass is 19.4. The average Bonchev–Trinajstić information content (AvgIpc) is 3.03. The van der Waals surface area contributed by atoms with Crippen LogP contribution in [0.5, 0.6) is 0 Å². The first kappa shape index (κ1) is 23.1. The van der Waals surface area contributed by atoms with Crippen molar-refractivity contribution in [3.05, 3.63) is 53.7 Å². The molecule has 0 saturated carbocycles. The van der Waals surface area contributed by atoms with Crippen LogP contribution in [-0.4, -0.2) is 28.4 Å². The van der Waals surface area contributed by atoms with Crippen molar-refractivity contribution < 1.29 is 31.1 Å². The summed E-state index contributed by atoms with van der Waals surface area (Å²) in [5, 5.41) is 0.116. The first-order valence-electron chi connectivity index (χ1n) is 9.28. The molecule has 2 aromatic heterocycles. The van der Waals surface area contributed by atoms with Gasteiger partial charge in [0.15, 0.2) is 0 Å². The minimum Gasteiger partial charge on any atom is -0.377 e. The molecular weight excluding hydrogens is 424 g/mol. The Hall–Kier alpha value is -2.59. The van der Waals surface area contributed by atoms with Crippen molar-refractivity contribution in [3.8, 4) is 11.3 Å². The third-order valence-electron chi connectivity index (χ3n) is 5.05. The molecule has 2 N–H and O–H groups in total. The monoisotopic (exact) mass is 445 g/mol. The zero-order chi connectivity index (χ0) is 23.2. The molecular formula is C21H21F6N3O. The summed E-state index contributed by atoms with van der Waals surface area (Å²) in [7, 11) is 1.45. The second kappa shape index (κ2) is 7.83. The van der Waals surface area contributed by atoms with E-state index in [1.54, 1.807) is 13.8 Å². The van der Waals surface area contributed by atoms with E-state index in [0.717, 1.165) is 6.07 Å². The van der Waals surface area contributed by atoms with Crippen molar-refractivity contribution in [1.82, 2.24) is 9.55 Å². The van der Waals surface area contributed by atoms with E-state index in [1.807, 2.05) is 0 Å². The van der Waals surface area contributed by atoms with Crippen molar-refractivity contribution in [3.63, 3.8) is 0 Å². The highest BCUT2D eigenvalue weighted by molar-refractivity contribution is 5.84. The second-order valence-electron chi connectivity index (χ2n) is 7.81. The van der Waals surface area contributed by atoms with Gasteiger partial charge in [0.05, 0.1) is 23.4 Å². The second-order valence-corrected chi connectivity index (χ2v) is 7.81. The minimum absolute atomic E-state index is 0.0119. The molecule has 0 amide bonds. The first-order valence-corrected chi connectivity index (χ1v) is 9.28. The van der Waals surface area contributed by atoms with E-state index in [2.05, 4.69) is 4.98 Å². The van der Waals surface area contributed by atoms with Gasteiger partial charge in [-0.3, -0.25) is 0 Å². The van der Waals surface area contributed by atoms with Crippen molar-refractivity contribution in [2.45, 2.75) is 44.4 Å². The molecule has 0 aliphatic rings. The van der Waals surface area contributed by atoms with Crippen LogP contribution >= 0.6 is 0 Å². The van der Waals surface area contributed by atoms with E-state index >= 15 is 0 Å². The number of hydrogen-bond donors (Lipinski definition) is 1. The van der Waals surface area contributed by atoms with Gasteiger partial charge in [-0.25, -0.2) is 4.98 Å². The Morgan fingerprint density at radius 2 is 1.68 bits per heavy atom. The molecule has 2 heterocycles. The summed E-state index contributed by atoms with van der Waals surface area (Å²) in [6.07, 6.45) is -8.08. The molecule has 0 saturated heterocycles. The van der Waals surface area contributed by atoms with Crippen LogP contribution in [0, 0.1) is 0 Å². The van der Waals surface area contributed by atoms with E-state index in [1.165, 1.54) is 48.2 Å². The zero-order valence-electron chi connectivity index (χ0n) is 17.0. The first-order chi connectivity index (χ1) is 14.2. The number of halogens is 6. The molecule has 3 rings (SSSR count). The lowest BCUT2D eigenvalue weighted by Gasteiger charge is -2.24. The fraction of sp³-hybridized carbons (Fsp3) is 0.381. The SMILES string of the molecule is COC(C)(C)Cn1cc(C(N)C(F)(F)F)c2ccc(-c3ccccc3C(F)(F)F)nc21. The maximum atomic E-state index is 13.4. The van der Waals surface area contributed by atoms with Crippen LogP contribution in [0.3, 0.4) is 0 Å². The summed E-state index contributed by atoms with van der Waals surface area (Å²) >= 11 is 0. The highest BCUT2D eigenvalue weighted by Gasteiger charge is 2.40. The van der Waals surface area contributed by atoms with Crippen LogP contribution in [-0.2, 0) is 17.5 Å². The van der Waals surface area contributed by atoms with Gasteiger partial charge in [0.1, 0.15) is 11.7 Å². The van der Waals surface area contributed by atoms with E-state index in [4.69, 9.17) is 10.5 Å². The van der Waals surface area contributed by atoms with Gasteiger partial charge in [-0.15, -0.1) is 0 Å². The number of rotatable bonds is 5. The van der Waals surface area contributed by atoms with Gasteiger partial charge in [0.25, 0.3) is 0 Å². The van der Waals surface area contributed by atoms with E-state index in [-0.39, 0.29) is 34.4 Å². The van der Waals surface area contributed by atoms with Crippen LogP contribution in [0.2, 0.25) is 0 Å². The summed E-state index contributed by atoms with van der Waals surface area (Å²) in [5.41, 5.74) is 3.48. The van der Waals surface area contributed by atoms with Crippen molar-refractivity contribution in [2.24, 2.45) is 5.73 Å². The Bertz CT molecular complexity index is 1080. The summed E-state index contributed by atoms with van der Waals surface area (Å²) in [6.45, 7) is 3.57. The lowest BCUT2D eigenvalue weighted by molar-refractivity contribution is -0.148. The van der Waals surface area contributed by atoms with E-state index in [9.17, 15) is 26.3 Å². The molecule has 0 radical (unpaired) electrons. The summed E-state index contributed by atoms with van der Waals surface area (Å²) in [5.74, 6) is 0. The van der Waals surface area contributed by atoms with Crippen LogP contribution < -0.4 is 5.73 Å². The number of ether oxygens (including phenoxy) is 1. The molecule has 10 heteroatoms. The van der Waals surface area contributed by atoms with Crippen LogP contribution in [0.25, 0.3) is 22.3 Å². The number of hydrogen-bond acceptors (Lipinski definition) is 3. The molecule has 3 aromatic rings. The number of fused-ring (bicyclic) bond motifs is 1. The number of methoxy groups -OCH3 is 1. The fourth-order valence-corrected chi connectivity index (χ4v) is 3.31. The van der Waals surface area contributed by atoms with Gasteiger partial charge in [-0.2, -0.15) is 26.3 Å². The summed E-state index contributed by atoms with van der Waals surface area (Å²) in [6, 6.07) is 5.22. The van der Waals surface area contributed by atoms with Crippen LogP contribution in [0.1, 0.15) is 31.0 Å². The average molecular weight is 445 g/mol. The topological polar surface area (TPSA) is 53.1 Å². The normalized spacial score (nSPS) is 14.3. The fourth-order valence-electron chi connectivity index (χ4n) is 3.31. The standard InChI is InChI=1S/C21H21F6N3O/c1-19(2,31-3)11-30-10-14(17(28)21(25,26)27)12-8-9-16(29-18(12)30)13-6-4-5-7-15(13)20(22,23)24/h4-10,17H,11,28H2,1-3H3. The Labute approximate surface area is 174 Å². The minimum atomic E-state index is -4.70. The molecule has 1 aromatic carbocycles. The summed E-state index contributed by atoms with van der Waals surface area (Å²) < 4.78 is 87.0. The third-order valence-corrected chi connectivity index (χ3v) is 5.05. The van der Waals surface area contributed by atoms with Crippen molar-refractivity contribution in [1.29, 1.82) is 0 Å². The molecule has 0 fully saturated rings. The Morgan fingerprint density at radius 1 is 1.03 bits per heavy atom. The number of alkyl halides is 6.